The number of anilines is 1. The number of hydrogen-bond acceptors (Lipinski definition) is 3. The van der Waals surface area contributed by atoms with Crippen molar-refractivity contribution in [2.45, 2.75) is 32.7 Å². The largest absolute Gasteiger partial charge is 0.493 e. The van der Waals surface area contributed by atoms with Crippen molar-refractivity contribution in [3.63, 3.8) is 0 Å². The van der Waals surface area contributed by atoms with Gasteiger partial charge in [0.2, 0.25) is 11.8 Å². The van der Waals surface area contributed by atoms with Gasteiger partial charge >= 0.3 is 0 Å². The van der Waals surface area contributed by atoms with E-state index < -0.39 is 0 Å². The third-order valence-corrected chi connectivity index (χ3v) is 4.49. The Morgan fingerprint density at radius 2 is 1.92 bits per heavy atom. The van der Waals surface area contributed by atoms with Crippen LogP contribution in [-0.2, 0) is 16.1 Å². The van der Waals surface area contributed by atoms with Crippen LogP contribution < -0.4 is 15.0 Å². The van der Waals surface area contributed by atoms with Gasteiger partial charge in [-0.05, 0) is 42.7 Å². The summed E-state index contributed by atoms with van der Waals surface area (Å²) >= 11 is 0. The number of hydrogen-bond donors (Lipinski definition) is 1. The lowest BCUT2D eigenvalue weighted by Crippen LogP contribution is -2.25. The molecule has 0 spiro atoms. The first-order chi connectivity index (χ1) is 12.6. The maximum atomic E-state index is 12.0. The minimum atomic E-state index is -0.0441. The van der Waals surface area contributed by atoms with Gasteiger partial charge in [-0.15, -0.1) is 0 Å². The molecule has 0 atom stereocenters. The maximum absolute atomic E-state index is 12.0. The summed E-state index contributed by atoms with van der Waals surface area (Å²) in [6.07, 6.45) is 1.86. The predicted molar refractivity (Wildman–Crippen MR) is 101 cm³/mol. The fraction of sp³-hybridized carbons (Fsp3) is 0.333. The third kappa shape index (κ3) is 4.63. The van der Waals surface area contributed by atoms with Gasteiger partial charge in [-0.1, -0.05) is 30.3 Å². The minimum absolute atomic E-state index is 0.0441. The Bertz CT molecular complexity index is 771. The number of nitrogens with zero attached hydrogens (tertiary/aromatic N) is 1. The molecule has 2 amide bonds. The molecule has 1 aliphatic rings. The van der Waals surface area contributed by atoms with Crippen LogP contribution in [-0.4, -0.2) is 25.0 Å². The van der Waals surface area contributed by atoms with Crippen LogP contribution in [0.3, 0.4) is 0 Å². The monoisotopic (exact) mass is 352 g/mol. The number of carbonyl (C=O) groups excluding carboxylic acids is 2. The molecule has 0 bridgehead atoms. The van der Waals surface area contributed by atoms with Gasteiger partial charge in [-0.3, -0.25) is 9.59 Å². The minimum Gasteiger partial charge on any atom is -0.493 e. The molecule has 5 heteroatoms. The number of amides is 2. The SMILES string of the molecule is Cc1ccccc1OCCC(=O)NCc1ccc(N2CCCC2=O)cc1. The number of carbonyl (C=O) groups is 2. The highest BCUT2D eigenvalue weighted by Crippen LogP contribution is 2.21. The Balaban J connectivity index is 1.41. The van der Waals surface area contributed by atoms with E-state index in [4.69, 9.17) is 4.74 Å². The van der Waals surface area contributed by atoms with Crippen molar-refractivity contribution in [1.82, 2.24) is 5.32 Å². The zero-order chi connectivity index (χ0) is 18.4. The summed E-state index contributed by atoms with van der Waals surface area (Å²) < 4.78 is 5.64. The van der Waals surface area contributed by atoms with Crippen molar-refractivity contribution >= 4 is 17.5 Å². The van der Waals surface area contributed by atoms with Crippen molar-refractivity contribution in [2.75, 3.05) is 18.1 Å². The second-order valence-electron chi connectivity index (χ2n) is 6.46. The standard InChI is InChI=1S/C21H24N2O3/c1-16-5-2-3-6-19(16)26-14-12-20(24)22-15-17-8-10-18(11-9-17)23-13-4-7-21(23)25/h2-3,5-6,8-11H,4,7,12-15H2,1H3,(H,22,24). The molecular weight excluding hydrogens is 328 g/mol. The lowest BCUT2D eigenvalue weighted by atomic mass is 10.2. The van der Waals surface area contributed by atoms with E-state index in [1.165, 1.54) is 0 Å². The summed E-state index contributed by atoms with van der Waals surface area (Å²) in [5, 5.41) is 2.90. The molecule has 2 aromatic carbocycles. The molecule has 26 heavy (non-hydrogen) atoms. The Morgan fingerprint density at radius 1 is 1.15 bits per heavy atom. The van der Waals surface area contributed by atoms with Crippen LogP contribution in [0.25, 0.3) is 0 Å². The van der Waals surface area contributed by atoms with Crippen molar-refractivity contribution in [1.29, 1.82) is 0 Å². The van der Waals surface area contributed by atoms with E-state index in [-0.39, 0.29) is 11.8 Å². The Hall–Kier alpha value is -2.82. The molecule has 136 valence electrons. The zero-order valence-electron chi connectivity index (χ0n) is 15.0. The highest BCUT2D eigenvalue weighted by molar-refractivity contribution is 5.95. The lowest BCUT2D eigenvalue weighted by molar-refractivity contribution is -0.121. The van der Waals surface area contributed by atoms with Crippen LogP contribution in [0.4, 0.5) is 5.69 Å². The molecule has 1 fully saturated rings. The molecule has 1 N–H and O–H groups in total. The molecule has 0 aliphatic carbocycles. The molecule has 0 aromatic heterocycles. The highest BCUT2D eigenvalue weighted by Gasteiger charge is 2.21. The van der Waals surface area contributed by atoms with Gasteiger partial charge in [0.05, 0.1) is 13.0 Å². The second kappa shape index (κ2) is 8.52. The average Bonchev–Trinajstić information content (AvgIpc) is 3.08. The van der Waals surface area contributed by atoms with Gasteiger partial charge in [0.15, 0.2) is 0 Å². The summed E-state index contributed by atoms with van der Waals surface area (Å²) in [6, 6.07) is 15.5. The van der Waals surface area contributed by atoms with Gasteiger partial charge < -0.3 is 15.0 Å². The van der Waals surface area contributed by atoms with E-state index in [1.54, 1.807) is 0 Å². The van der Waals surface area contributed by atoms with Crippen LogP contribution in [0.2, 0.25) is 0 Å². The predicted octanol–water partition coefficient (Wildman–Crippen LogP) is 3.21. The molecule has 0 unspecified atom stereocenters. The molecule has 1 saturated heterocycles. The van der Waals surface area contributed by atoms with E-state index in [0.717, 1.165) is 35.5 Å². The van der Waals surface area contributed by atoms with Crippen LogP contribution >= 0.6 is 0 Å². The van der Waals surface area contributed by atoms with Gasteiger partial charge in [0.25, 0.3) is 0 Å². The fourth-order valence-electron chi connectivity index (χ4n) is 2.98. The van der Waals surface area contributed by atoms with Gasteiger partial charge in [0.1, 0.15) is 5.75 Å². The molecule has 5 nitrogen and oxygen atoms in total. The first kappa shape index (κ1) is 18.0. The van der Waals surface area contributed by atoms with Crippen molar-refractivity contribution in [3.05, 3.63) is 59.7 Å². The highest BCUT2D eigenvalue weighted by atomic mass is 16.5. The summed E-state index contributed by atoms with van der Waals surface area (Å²) in [5.74, 6) is 0.949. The fourth-order valence-corrected chi connectivity index (χ4v) is 2.98. The van der Waals surface area contributed by atoms with E-state index in [9.17, 15) is 9.59 Å². The molecule has 0 saturated carbocycles. The topological polar surface area (TPSA) is 58.6 Å². The van der Waals surface area contributed by atoms with Gasteiger partial charge in [-0.2, -0.15) is 0 Å². The second-order valence-corrected chi connectivity index (χ2v) is 6.46. The molecule has 2 aromatic rings. The Kier molecular flexibility index (Phi) is 5.89. The molecular formula is C21H24N2O3. The summed E-state index contributed by atoms with van der Waals surface area (Å²) in [5.41, 5.74) is 2.99. The average molecular weight is 352 g/mol. The van der Waals surface area contributed by atoms with Crippen LogP contribution in [0.1, 0.15) is 30.4 Å². The summed E-state index contributed by atoms with van der Waals surface area (Å²) in [4.78, 5) is 25.5. The van der Waals surface area contributed by atoms with Crippen LogP contribution in [0.15, 0.2) is 48.5 Å². The summed E-state index contributed by atoms with van der Waals surface area (Å²) in [7, 11) is 0. The quantitative estimate of drug-likeness (QED) is 0.832. The van der Waals surface area contributed by atoms with Crippen molar-refractivity contribution in [3.8, 4) is 5.75 Å². The van der Waals surface area contributed by atoms with Crippen molar-refractivity contribution in [2.24, 2.45) is 0 Å². The first-order valence-electron chi connectivity index (χ1n) is 8.98. The number of ether oxygens (including phenoxy) is 1. The van der Waals surface area contributed by atoms with Crippen LogP contribution in [0, 0.1) is 6.92 Å². The normalized spacial score (nSPS) is 13.7. The zero-order valence-corrected chi connectivity index (χ0v) is 15.0. The third-order valence-electron chi connectivity index (χ3n) is 4.49. The van der Waals surface area contributed by atoms with E-state index in [2.05, 4.69) is 5.32 Å². The molecule has 1 heterocycles. The number of aryl methyl sites for hydroxylation is 1. The Labute approximate surface area is 154 Å². The molecule has 1 aliphatic heterocycles. The van der Waals surface area contributed by atoms with Gasteiger partial charge in [0, 0.05) is 25.2 Å². The number of benzene rings is 2. The molecule has 0 radical (unpaired) electrons. The van der Waals surface area contributed by atoms with E-state index in [0.29, 0.717) is 26.0 Å². The first-order valence-corrected chi connectivity index (χ1v) is 8.98. The number of nitrogens with one attached hydrogen (secondary N) is 1. The van der Waals surface area contributed by atoms with Crippen molar-refractivity contribution < 1.29 is 14.3 Å². The van der Waals surface area contributed by atoms with E-state index in [1.807, 2.05) is 60.4 Å². The smallest absolute Gasteiger partial charge is 0.227 e. The number of rotatable bonds is 7. The maximum Gasteiger partial charge on any atom is 0.227 e. The van der Waals surface area contributed by atoms with E-state index >= 15 is 0 Å². The Morgan fingerprint density at radius 3 is 2.62 bits per heavy atom. The van der Waals surface area contributed by atoms with Gasteiger partial charge in [-0.25, -0.2) is 0 Å². The summed E-state index contributed by atoms with van der Waals surface area (Å²) in [6.45, 7) is 3.59. The lowest BCUT2D eigenvalue weighted by Gasteiger charge is -2.16. The van der Waals surface area contributed by atoms with Crippen LogP contribution in [0.5, 0.6) is 5.75 Å². The number of para-hydroxylation sites is 1. The molecule has 3 rings (SSSR count).